The number of rotatable bonds is 4. The number of aliphatic hydroxyl groups excluding tert-OH is 1. The van der Waals surface area contributed by atoms with Crippen LogP contribution in [0.5, 0.6) is 0 Å². The molecule has 2 heterocycles. The fraction of sp³-hybridized carbons (Fsp3) is 0.400. The molecule has 0 unspecified atom stereocenters. The zero-order chi connectivity index (χ0) is 15.5. The molecule has 1 aromatic heterocycles. The quantitative estimate of drug-likeness (QED) is 0.822. The van der Waals surface area contributed by atoms with Gasteiger partial charge in [-0.3, -0.25) is 9.69 Å². The Morgan fingerprint density at radius 3 is 2.91 bits per heavy atom. The Labute approximate surface area is 128 Å². The number of ether oxygens (including phenoxy) is 1. The second-order valence-electron chi connectivity index (χ2n) is 5.28. The van der Waals surface area contributed by atoms with Gasteiger partial charge in [-0.25, -0.2) is 9.67 Å². The number of aromatic nitrogens is 3. The molecule has 2 aromatic rings. The van der Waals surface area contributed by atoms with Crippen LogP contribution >= 0.6 is 0 Å². The number of β-amino-alcohol motifs (C(OH)–C–C–N with tert-alkyl or cyclic N) is 1. The topological polar surface area (TPSA) is 80.5 Å². The standard InChI is InChI=1S/C15H18N4O3/c1-22-15(21)13-7-12(20)8-18(13)9-14-16-10-17-19(14)11-5-3-2-4-6-11/h2-6,10,12-13,20H,7-9H2,1H3/t12-,13+/m1/s1. The van der Waals surface area contributed by atoms with Crippen LogP contribution in [-0.2, 0) is 16.1 Å². The van der Waals surface area contributed by atoms with Gasteiger partial charge < -0.3 is 9.84 Å². The van der Waals surface area contributed by atoms with Crippen LogP contribution in [0.2, 0.25) is 0 Å². The van der Waals surface area contributed by atoms with Gasteiger partial charge >= 0.3 is 5.97 Å². The Hall–Kier alpha value is -2.25. The van der Waals surface area contributed by atoms with Gasteiger partial charge in [-0.05, 0) is 12.1 Å². The molecule has 1 aliphatic rings. The monoisotopic (exact) mass is 302 g/mol. The lowest BCUT2D eigenvalue weighted by Gasteiger charge is -2.21. The van der Waals surface area contributed by atoms with Crippen molar-refractivity contribution in [3.05, 3.63) is 42.5 Å². The fourth-order valence-electron chi connectivity index (χ4n) is 2.78. The summed E-state index contributed by atoms with van der Waals surface area (Å²) in [6.45, 7) is 0.840. The highest BCUT2D eigenvalue weighted by atomic mass is 16.5. The minimum absolute atomic E-state index is 0.331. The maximum atomic E-state index is 11.8. The van der Waals surface area contributed by atoms with Gasteiger partial charge in [-0.2, -0.15) is 5.10 Å². The first-order valence-corrected chi connectivity index (χ1v) is 7.13. The fourth-order valence-corrected chi connectivity index (χ4v) is 2.78. The van der Waals surface area contributed by atoms with Crippen molar-refractivity contribution in [2.75, 3.05) is 13.7 Å². The third kappa shape index (κ3) is 2.86. The molecule has 3 rings (SSSR count). The van der Waals surface area contributed by atoms with E-state index < -0.39 is 12.1 Å². The molecular formula is C15H18N4O3. The lowest BCUT2D eigenvalue weighted by Crippen LogP contribution is -2.37. The van der Waals surface area contributed by atoms with Gasteiger partial charge in [0.1, 0.15) is 18.2 Å². The number of aliphatic hydroxyl groups is 1. The first kappa shape index (κ1) is 14.7. The number of benzene rings is 1. The molecule has 0 radical (unpaired) electrons. The van der Waals surface area contributed by atoms with Crippen LogP contribution in [-0.4, -0.2) is 56.5 Å². The largest absolute Gasteiger partial charge is 0.468 e. The van der Waals surface area contributed by atoms with Crippen LogP contribution in [0.1, 0.15) is 12.2 Å². The average molecular weight is 302 g/mol. The molecule has 1 aliphatic heterocycles. The van der Waals surface area contributed by atoms with Crippen molar-refractivity contribution in [1.82, 2.24) is 19.7 Å². The number of esters is 1. The zero-order valence-corrected chi connectivity index (χ0v) is 12.3. The highest BCUT2D eigenvalue weighted by Crippen LogP contribution is 2.21. The van der Waals surface area contributed by atoms with Crippen LogP contribution < -0.4 is 0 Å². The van der Waals surface area contributed by atoms with E-state index in [1.807, 2.05) is 35.2 Å². The van der Waals surface area contributed by atoms with Gasteiger partial charge in [0.15, 0.2) is 0 Å². The number of carbonyl (C=O) groups excluding carboxylic acids is 1. The van der Waals surface area contributed by atoms with Crippen molar-refractivity contribution < 1.29 is 14.6 Å². The molecule has 7 nitrogen and oxygen atoms in total. The van der Waals surface area contributed by atoms with Gasteiger partial charge in [0.2, 0.25) is 0 Å². The van der Waals surface area contributed by atoms with Crippen molar-refractivity contribution in [2.24, 2.45) is 0 Å². The molecule has 22 heavy (non-hydrogen) atoms. The normalized spacial score (nSPS) is 21.9. The lowest BCUT2D eigenvalue weighted by molar-refractivity contribution is -0.146. The van der Waals surface area contributed by atoms with E-state index in [-0.39, 0.29) is 5.97 Å². The highest BCUT2D eigenvalue weighted by Gasteiger charge is 2.37. The summed E-state index contributed by atoms with van der Waals surface area (Å²) in [5.41, 5.74) is 0.907. The zero-order valence-electron chi connectivity index (χ0n) is 12.3. The van der Waals surface area contributed by atoms with E-state index in [0.717, 1.165) is 5.69 Å². The van der Waals surface area contributed by atoms with E-state index in [1.54, 1.807) is 4.68 Å². The molecule has 7 heteroatoms. The molecule has 116 valence electrons. The molecule has 0 spiro atoms. The number of likely N-dealkylation sites (tertiary alicyclic amines) is 1. The Kier molecular flexibility index (Phi) is 4.17. The minimum Gasteiger partial charge on any atom is -0.468 e. The van der Waals surface area contributed by atoms with E-state index in [0.29, 0.717) is 25.3 Å². The van der Waals surface area contributed by atoms with Crippen molar-refractivity contribution in [3.8, 4) is 5.69 Å². The number of para-hydroxylation sites is 1. The molecule has 2 atom stereocenters. The Morgan fingerprint density at radius 1 is 1.41 bits per heavy atom. The average Bonchev–Trinajstić information content (AvgIpc) is 3.14. The minimum atomic E-state index is -0.530. The van der Waals surface area contributed by atoms with E-state index in [4.69, 9.17) is 4.74 Å². The molecule has 0 bridgehead atoms. The Morgan fingerprint density at radius 2 is 2.18 bits per heavy atom. The van der Waals surface area contributed by atoms with Crippen molar-refractivity contribution >= 4 is 5.97 Å². The SMILES string of the molecule is COC(=O)[C@@H]1C[C@@H](O)CN1Cc1ncnn1-c1ccccc1. The van der Waals surface area contributed by atoms with E-state index in [9.17, 15) is 9.90 Å². The van der Waals surface area contributed by atoms with Crippen LogP contribution in [0.25, 0.3) is 5.69 Å². The predicted octanol–water partition coefficient (Wildman–Crippen LogP) is 0.375. The molecule has 1 fully saturated rings. The number of hydrogen-bond acceptors (Lipinski definition) is 6. The van der Waals surface area contributed by atoms with Crippen LogP contribution in [0, 0.1) is 0 Å². The van der Waals surface area contributed by atoms with Crippen LogP contribution in [0.15, 0.2) is 36.7 Å². The second kappa shape index (κ2) is 6.25. The summed E-state index contributed by atoms with van der Waals surface area (Å²) in [6, 6.07) is 9.23. The number of hydrogen-bond donors (Lipinski definition) is 1. The van der Waals surface area contributed by atoms with Gasteiger partial charge in [-0.15, -0.1) is 0 Å². The Bertz CT molecular complexity index is 643. The Balaban J connectivity index is 1.82. The molecule has 0 aliphatic carbocycles. The van der Waals surface area contributed by atoms with Crippen molar-refractivity contribution in [2.45, 2.75) is 25.1 Å². The molecule has 1 saturated heterocycles. The summed E-state index contributed by atoms with van der Waals surface area (Å²) in [5, 5.41) is 14.1. The number of nitrogens with zero attached hydrogens (tertiary/aromatic N) is 4. The van der Waals surface area contributed by atoms with E-state index in [1.165, 1.54) is 13.4 Å². The highest BCUT2D eigenvalue weighted by molar-refractivity contribution is 5.76. The summed E-state index contributed by atoms with van der Waals surface area (Å²) in [5.74, 6) is 0.386. The molecular weight excluding hydrogens is 284 g/mol. The number of carbonyl (C=O) groups is 1. The molecule has 0 amide bonds. The molecule has 1 aromatic carbocycles. The van der Waals surface area contributed by atoms with Crippen molar-refractivity contribution in [1.29, 1.82) is 0 Å². The second-order valence-corrected chi connectivity index (χ2v) is 5.28. The first-order valence-electron chi connectivity index (χ1n) is 7.13. The van der Waals surface area contributed by atoms with Crippen LogP contribution in [0.3, 0.4) is 0 Å². The summed E-state index contributed by atoms with van der Waals surface area (Å²) >= 11 is 0. The molecule has 1 N–H and O–H groups in total. The van der Waals surface area contributed by atoms with E-state index >= 15 is 0 Å². The predicted molar refractivity (Wildman–Crippen MR) is 78.2 cm³/mol. The maximum Gasteiger partial charge on any atom is 0.323 e. The van der Waals surface area contributed by atoms with Gasteiger partial charge in [0, 0.05) is 13.0 Å². The van der Waals surface area contributed by atoms with Gasteiger partial charge in [-0.1, -0.05) is 18.2 Å². The summed E-state index contributed by atoms with van der Waals surface area (Å²) < 4.78 is 6.55. The summed E-state index contributed by atoms with van der Waals surface area (Å²) in [4.78, 5) is 18.0. The molecule has 0 saturated carbocycles. The third-order valence-corrected chi connectivity index (χ3v) is 3.82. The summed E-state index contributed by atoms with van der Waals surface area (Å²) in [6.07, 6.45) is 1.34. The van der Waals surface area contributed by atoms with Gasteiger partial charge in [0.05, 0.1) is 25.4 Å². The summed E-state index contributed by atoms with van der Waals surface area (Å²) in [7, 11) is 1.36. The first-order chi connectivity index (χ1) is 10.7. The smallest absolute Gasteiger partial charge is 0.323 e. The van der Waals surface area contributed by atoms with Crippen LogP contribution in [0.4, 0.5) is 0 Å². The van der Waals surface area contributed by atoms with Crippen molar-refractivity contribution in [3.63, 3.8) is 0 Å². The lowest BCUT2D eigenvalue weighted by atomic mass is 10.2. The number of methoxy groups -OCH3 is 1. The van der Waals surface area contributed by atoms with Gasteiger partial charge in [0.25, 0.3) is 0 Å². The maximum absolute atomic E-state index is 11.8. The third-order valence-electron chi connectivity index (χ3n) is 3.82. The van der Waals surface area contributed by atoms with E-state index in [2.05, 4.69) is 10.1 Å².